The van der Waals surface area contributed by atoms with Crippen LogP contribution in [-0.2, 0) is 0 Å². The van der Waals surface area contributed by atoms with Crippen LogP contribution in [0.1, 0.15) is 18.9 Å². The lowest BCUT2D eigenvalue weighted by molar-refractivity contribution is 0.208. The van der Waals surface area contributed by atoms with E-state index in [4.69, 9.17) is 5.11 Å². The van der Waals surface area contributed by atoms with Gasteiger partial charge in [-0.05, 0) is 24.6 Å². The van der Waals surface area contributed by atoms with Crippen LogP contribution in [0.5, 0.6) is 0 Å². The van der Waals surface area contributed by atoms with Gasteiger partial charge >= 0.3 is 0 Å². The molecule has 1 rings (SSSR count). The van der Waals surface area contributed by atoms with Gasteiger partial charge < -0.3 is 5.11 Å². The highest BCUT2D eigenvalue weighted by atomic mass is 79.9. The molecule has 1 N–H and O–H groups in total. The van der Waals surface area contributed by atoms with Crippen molar-refractivity contribution in [1.82, 2.24) is 4.90 Å². The Labute approximate surface area is 112 Å². The average Bonchev–Trinajstić information content (AvgIpc) is 2.30. The van der Waals surface area contributed by atoms with Crippen molar-refractivity contribution in [3.05, 3.63) is 40.4 Å². The lowest BCUT2D eigenvalue weighted by Crippen LogP contribution is -2.28. The Morgan fingerprint density at radius 1 is 1.29 bits per heavy atom. The molecule has 0 spiro atoms. The largest absolute Gasteiger partial charge is 0.395 e. The third-order valence-corrected chi connectivity index (χ3v) is 2.93. The van der Waals surface area contributed by atoms with Crippen LogP contribution >= 0.6 is 15.9 Å². The van der Waals surface area contributed by atoms with E-state index in [1.807, 2.05) is 18.2 Å². The number of hydrogen-bond acceptors (Lipinski definition) is 2. The highest BCUT2D eigenvalue weighted by Gasteiger charge is 2.04. The van der Waals surface area contributed by atoms with Gasteiger partial charge in [0.15, 0.2) is 0 Å². The molecule has 3 heteroatoms. The summed E-state index contributed by atoms with van der Waals surface area (Å²) in [6, 6.07) is 10.2. The first-order chi connectivity index (χ1) is 8.26. The van der Waals surface area contributed by atoms with Crippen LogP contribution in [0.25, 0.3) is 6.08 Å². The second kappa shape index (κ2) is 8.45. The minimum absolute atomic E-state index is 0.214. The van der Waals surface area contributed by atoms with E-state index >= 15 is 0 Å². The Morgan fingerprint density at radius 2 is 2.00 bits per heavy atom. The summed E-state index contributed by atoms with van der Waals surface area (Å²) in [5.74, 6) is 0. The Hall–Kier alpha value is -0.640. The standard InChI is InChI=1S/C14H20BrNO/c1-2-8-16(9-10-17)12-14(15)11-13-6-4-3-5-7-13/h3-7,11,17H,2,8-10,12H2,1H3/b14-11-. The third-order valence-electron chi connectivity index (χ3n) is 2.45. The maximum absolute atomic E-state index is 8.99. The quantitative estimate of drug-likeness (QED) is 0.836. The zero-order chi connectivity index (χ0) is 12.5. The van der Waals surface area contributed by atoms with Gasteiger partial charge in [-0.3, -0.25) is 4.90 Å². The molecule has 0 amide bonds. The van der Waals surface area contributed by atoms with E-state index in [0.29, 0.717) is 0 Å². The highest BCUT2D eigenvalue weighted by Crippen LogP contribution is 2.13. The lowest BCUT2D eigenvalue weighted by Gasteiger charge is -2.20. The molecule has 0 radical (unpaired) electrons. The van der Waals surface area contributed by atoms with Gasteiger partial charge in [0, 0.05) is 17.6 Å². The Balaban J connectivity index is 2.57. The van der Waals surface area contributed by atoms with Gasteiger partial charge in [-0.15, -0.1) is 0 Å². The molecule has 2 nitrogen and oxygen atoms in total. The van der Waals surface area contributed by atoms with Gasteiger partial charge in [0.05, 0.1) is 6.61 Å². The van der Waals surface area contributed by atoms with Crippen LogP contribution in [0.15, 0.2) is 34.8 Å². The third kappa shape index (κ3) is 6.01. The summed E-state index contributed by atoms with van der Waals surface area (Å²) in [5, 5.41) is 8.99. The topological polar surface area (TPSA) is 23.5 Å². The lowest BCUT2D eigenvalue weighted by atomic mass is 10.2. The number of hydrogen-bond donors (Lipinski definition) is 1. The van der Waals surface area contributed by atoms with Gasteiger partial charge in [-0.2, -0.15) is 0 Å². The average molecular weight is 298 g/mol. The van der Waals surface area contributed by atoms with E-state index in [1.54, 1.807) is 0 Å². The monoisotopic (exact) mass is 297 g/mol. The van der Waals surface area contributed by atoms with Gasteiger partial charge in [0.2, 0.25) is 0 Å². The second-order valence-corrected chi connectivity index (χ2v) is 5.02. The Bertz CT molecular complexity index is 331. The highest BCUT2D eigenvalue weighted by molar-refractivity contribution is 9.11. The molecule has 0 aliphatic carbocycles. The summed E-state index contributed by atoms with van der Waals surface area (Å²) < 4.78 is 1.14. The fraction of sp³-hybridized carbons (Fsp3) is 0.429. The molecule has 0 saturated heterocycles. The van der Waals surface area contributed by atoms with Crippen molar-refractivity contribution in [2.75, 3.05) is 26.2 Å². The first-order valence-corrected chi connectivity index (χ1v) is 6.80. The zero-order valence-corrected chi connectivity index (χ0v) is 11.9. The van der Waals surface area contributed by atoms with E-state index in [0.717, 1.165) is 30.5 Å². The molecule has 0 aliphatic rings. The van der Waals surface area contributed by atoms with Crippen molar-refractivity contribution >= 4 is 22.0 Å². The first kappa shape index (κ1) is 14.4. The fourth-order valence-electron chi connectivity index (χ4n) is 1.72. The van der Waals surface area contributed by atoms with Crippen molar-refractivity contribution in [3.8, 4) is 0 Å². The second-order valence-electron chi connectivity index (χ2n) is 4.00. The number of aliphatic hydroxyl groups excluding tert-OH is 1. The van der Waals surface area contributed by atoms with Gasteiger partial charge in [-0.25, -0.2) is 0 Å². The predicted molar refractivity (Wildman–Crippen MR) is 77.2 cm³/mol. The molecule has 0 bridgehead atoms. The maximum Gasteiger partial charge on any atom is 0.0558 e. The van der Waals surface area contributed by atoms with Crippen LogP contribution < -0.4 is 0 Å². The summed E-state index contributed by atoms with van der Waals surface area (Å²) in [6.45, 7) is 4.96. The number of nitrogens with zero attached hydrogens (tertiary/aromatic N) is 1. The van der Waals surface area contributed by atoms with E-state index in [-0.39, 0.29) is 6.61 Å². The zero-order valence-electron chi connectivity index (χ0n) is 10.3. The molecule has 1 aromatic carbocycles. The SMILES string of the molecule is CCCN(CCO)C/C(Br)=C/c1ccccc1. The molecule has 0 atom stereocenters. The molecule has 0 aromatic heterocycles. The van der Waals surface area contributed by atoms with Crippen molar-refractivity contribution in [1.29, 1.82) is 0 Å². The van der Waals surface area contributed by atoms with Crippen LogP contribution in [0.4, 0.5) is 0 Å². The summed E-state index contributed by atoms with van der Waals surface area (Å²) in [4.78, 5) is 2.24. The smallest absolute Gasteiger partial charge is 0.0558 e. The van der Waals surface area contributed by atoms with Gasteiger partial charge in [0.1, 0.15) is 0 Å². The van der Waals surface area contributed by atoms with Crippen LogP contribution in [-0.4, -0.2) is 36.2 Å². The summed E-state index contributed by atoms with van der Waals surface area (Å²) in [6.07, 6.45) is 3.23. The summed E-state index contributed by atoms with van der Waals surface area (Å²) in [7, 11) is 0. The van der Waals surface area contributed by atoms with Gasteiger partial charge in [0.25, 0.3) is 0 Å². The van der Waals surface area contributed by atoms with Crippen LogP contribution in [0, 0.1) is 0 Å². The maximum atomic E-state index is 8.99. The molecule has 0 heterocycles. The number of aliphatic hydroxyl groups is 1. The molecular formula is C14H20BrNO. The van der Waals surface area contributed by atoms with Crippen LogP contribution in [0.3, 0.4) is 0 Å². The van der Waals surface area contributed by atoms with E-state index < -0.39 is 0 Å². The summed E-state index contributed by atoms with van der Waals surface area (Å²) in [5.41, 5.74) is 1.19. The Kier molecular flexibility index (Phi) is 7.17. The molecule has 0 saturated carbocycles. The normalized spacial score (nSPS) is 12.1. The molecule has 0 aliphatic heterocycles. The molecule has 0 unspecified atom stereocenters. The Morgan fingerprint density at radius 3 is 2.59 bits per heavy atom. The molecule has 94 valence electrons. The molecule has 0 fully saturated rings. The minimum atomic E-state index is 0.214. The minimum Gasteiger partial charge on any atom is -0.395 e. The molecular weight excluding hydrogens is 278 g/mol. The number of rotatable bonds is 7. The number of benzene rings is 1. The molecule has 17 heavy (non-hydrogen) atoms. The van der Waals surface area contributed by atoms with Crippen molar-refractivity contribution in [3.63, 3.8) is 0 Å². The number of halogens is 1. The first-order valence-electron chi connectivity index (χ1n) is 6.00. The fourth-order valence-corrected chi connectivity index (χ4v) is 2.34. The summed E-state index contributed by atoms with van der Waals surface area (Å²) >= 11 is 3.59. The van der Waals surface area contributed by atoms with Gasteiger partial charge in [-0.1, -0.05) is 53.2 Å². The predicted octanol–water partition coefficient (Wildman–Crippen LogP) is 3.13. The van der Waals surface area contributed by atoms with E-state index in [2.05, 4.69) is 46.0 Å². The van der Waals surface area contributed by atoms with Crippen molar-refractivity contribution in [2.45, 2.75) is 13.3 Å². The van der Waals surface area contributed by atoms with Crippen molar-refractivity contribution in [2.24, 2.45) is 0 Å². The van der Waals surface area contributed by atoms with Crippen LogP contribution in [0.2, 0.25) is 0 Å². The van der Waals surface area contributed by atoms with E-state index in [1.165, 1.54) is 5.56 Å². The van der Waals surface area contributed by atoms with E-state index in [9.17, 15) is 0 Å². The van der Waals surface area contributed by atoms with Crippen molar-refractivity contribution < 1.29 is 5.11 Å². The molecule has 1 aromatic rings.